The zero-order valence-corrected chi connectivity index (χ0v) is 13.5. The number of nitrogens with one attached hydrogen (secondary N) is 2. The van der Waals surface area contributed by atoms with Crippen molar-refractivity contribution in [3.8, 4) is 0 Å². The Kier molecular flexibility index (Phi) is 6.06. The van der Waals surface area contributed by atoms with Crippen LogP contribution < -0.4 is 10.6 Å². The van der Waals surface area contributed by atoms with Gasteiger partial charge in [0.15, 0.2) is 0 Å². The Morgan fingerprint density at radius 1 is 1.27 bits per heavy atom. The third kappa shape index (κ3) is 4.87. The van der Waals surface area contributed by atoms with Crippen molar-refractivity contribution in [2.45, 2.75) is 25.3 Å². The van der Waals surface area contributed by atoms with Crippen LogP contribution >= 0.6 is 23.2 Å². The molecular formula is C15H18Cl2N2O3. The summed E-state index contributed by atoms with van der Waals surface area (Å²) < 4.78 is 0. The maximum Gasteiger partial charge on any atom is 0.251 e. The van der Waals surface area contributed by atoms with Crippen molar-refractivity contribution < 1.29 is 14.7 Å². The average molecular weight is 345 g/mol. The predicted molar refractivity (Wildman–Crippen MR) is 85.2 cm³/mol. The molecular weight excluding hydrogens is 327 g/mol. The highest BCUT2D eigenvalue weighted by atomic mass is 35.5. The fourth-order valence-corrected chi connectivity index (χ4v) is 2.52. The molecule has 7 heteroatoms. The minimum atomic E-state index is -0.390. The third-order valence-electron chi connectivity index (χ3n) is 3.57. The number of hydrogen-bond acceptors (Lipinski definition) is 3. The van der Waals surface area contributed by atoms with Crippen LogP contribution in [0.5, 0.6) is 0 Å². The monoisotopic (exact) mass is 344 g/mol. The van der Waals surface area contributed by atoms with Crippen LogP contribution in [0.4, 0.5) is 0 Å². The molecule has 1 fully saturated rings. The predicted octanol–water partition coefficient (Wildman–Crippen LogP) is 2.00. The van der Waals surface area contributed by atoms with Gasteiger partial charge in [0.2, 0.25) is 5.91 Å². The molecule has 1 atom stereocenters. The van der Waals surface area contributed by atoms with Gasteiger partial charge in [-0.05, 0) is 43.4 Å². The Labute approximate surface area is 139 Å². The summed E-state index contributed by atoms with van der Waals surface area (Å²) >= 11 is 11.6. The van der Waals surface area contributed by atoms with Crippen molar-refractivity contribution in [2.24, 2.45) is 5.92 Å². The number of rotatable bonds is 7. The van der Waals surface area contributed by atoms with Crippen molar-refractivity contribution in [1.29, 1.82) is 0 Å². The van der Waals surface area contributed by atoms with Crippen molar-refractivity contribution in [2.75, 3.05) is 13.2 Å². The van der Waals surface area contributed by atoms with Crippen LogP contribution in [0, 0.1) is 5.92 Å². The Balaban J connectivity index is 1.82. The summed E-state index contributed by atoms with van der Waals surface area (Å²) in [5.41, 5.74) is 0.344. The van der Waals surface area contributed by atoms with Crippen LogP contribution in [-0.2, 0) is 4.79 Å². The minimum Gasteiger partial charge on any atom is -0.396 e. The molecule has 0 heterocycles. The van der Waals surface area contributed by atoms with Gasteiger partial charge in [-0.1, -0.05) is 23.2 Å². The van der Waals surface area contributed by atoms with Gasteiger partial charge >= 0.3 is 0 Å². The average Bonchev–Trinajstić information content (AvgIpc) is 3.32. The van der Waals surface area contributed by atoms with Crippen LogP contribution in [0.3, 0.4) is 0 Å². The highest BCUT2D eigenvalue weighted by Crippen LogP contribution is 2.33. The summed E-state index contributed by atoms with van der Waals surface area (Å²) in [6, 6.07) is 4.51. The summed E-state index contributed by atoms with van der Waals surface area (Å²) in [5.74, 6) is -0.209. The third-order valence-corrected chi connectivity index (χ3v) is 4.31. The van der Waals surface area contributed by atoms with E-state index in [-0.39, 0.29) is 36.0 Å². The number of carbonyl (C=O) groups excluding carboxylic acids is 2. The fraction of sp³-hybridized carbons (Fsp3) is 0.467. The topological polar surface area (TPSA) is 78.4 Å². The first kappa shape index (κ1) is 17.1. The van der Waals surface area contributed by atoms with Crippen molar-refractivity contribution >= 4 is 35.0 Å². The molecule has 1 aromatic carbocycles. The van der Waals surface area contributed by atoms with E-state index < -0.39 is 0 Å². The number of amides is 2. The van der Waals surface area contributed by atoms with E-state index in [9.17, 15) is 9.59 Å². The molecule has 1 unspecified atom stereocenters. The zero-order valence-electron chi connectivity index (χ0n) is 11.9. The van der Waals surface area contributed by atoms with Crippen LogP contribution in [0.25, 0.3) is 0 Å². The summed E-state index contributed by atoms with van der Waals surface area (Å²) in [5, 5.41) is 15.0. The minimum absolute atomic E-state index is 0.0145. The lowest BCUT2D eigenvalue weighted by Crippen LogP contribution is -2.43. The highest BCUT2D eigenvalue weighted by Gasteiger charge is 2.31. The second kappa shape index (κ2) is 7.81. The maximum atomic E-state index is 11.9. The van der Waals surface area contributed by atoms with E-state index in [0.717, 1.165) is 12.8 Å². The van der Waals surface area contributed by atoms with E-state index in [0.29, 0.717) is 22.9 Å². The summed E-state index contributed by atoms with van der Waals surface area (Å²) in [4.78, 5) is 23.8. The van der Waals surface area contributed by atoms with Gasteiger partial charge in [0.25, 0.3) is 5.91 Å². The van der Waals surface area contributed by atoms with E-state index in [4.69, 9.17) is 28.3 Å². The quantitative estimate of drug-likeness (QED) is 0.707. The Morgan fingerprint density at radius 2 is 2.00 bits per heavy atom. The number of aliphatic hydroxyl groups is 1. The molecule has 22 heavy (non-hydrogen) atoms. The van der Waals surface area contributed by atoms with Gasteiger partial charge in [-0.25, -0.2) is 0 Å². The largest absolute Gasteiger partial charge is 0.396 e. The summed E-state index contributed by atoms with van der Waals surface area (Å²) in [7, 11) is 0. The van der Waals surface area contributed by atoms with E-state index in [2.05, 4.69) is 10.6 Å². The van der Waals surface area contributed by atoms with Crippen molar-refractivity contribution in [3.05, 3.63) is 33.8 Å². The molecule has 0 saturated heterocycles. The first-order valence-corrected chi connectivity index (χ1v) is 7.90. The molecule has 0 aliphatic heterocycles. The molecule has 2 amide bonds. The molecule has 3 N–H and O–H groups in total. The van der Waals surface area contributed by atoms with Gasteiger partial charge < -0.3 is 15.7 Å². The fourth-order valence-electron chi connectivity index (χ4n) is 2.22. The number of aliphatic hydroxyl groups excluding tert-OH is 1. The molecule has 1 aromatic rings. The normalized spacial score (nSPS) is 15.2. The van der Waals surface area contributed by atoms with Gasteiger partial charge in [0.05, 0.1) is 16.6 Å². The molecule has 1 aliphatic carbocycles. The summed E-state index contributed by atoms with van der Waals surface area (Å²) in [6.45, 7) is -0.0786. The molecule has 0 aromatic heterocycles. The number of carbonyl (C=O) groups is 2. The lowest BCUT2D eigenvalue weighted by atomic mass is 10.1. The highest BCUT2D eigenvalue weighted by molar-refractivity contribution is 6.42. The maximum absolute atomic E-state index is 11.9. The Hall–Kier alpha value is -1.30. The molecule has 5 nitrogen and oxygen atoms in total. The van der Waals surface area contributed by atoms with Crippen molar-refractivity contribution in [3.63, 3.8) is 0 Å². The summed E-state index contributed by atoms with van der Waals surface area (Å²) in [6.07, 6.45) is 2.68. The zero-order chi connectivity index (χ0) is 16.1. The van der Waals surface area contributed by atoms with Gasteiger partial charge in [0.1, 0.15) is 0 Å². The standard InChI is InChI=1S/C15H18Cl2N2O3/c16-11-4-3-10(7-12(11)17)15(22)18-8-14(21)19-13(5-6-20)9-1-2-9/h3-4,7,9,13,20H,1-2,5-6,8H2,(H,18,22)(H,19,21). The number of hydrogen-bond donors (Lipinski definition) is 3. The van der Waals surface area contributed by atoms with Gasteiger partial charge in [-0.15, -0.1) is 0 Å². The Bertz CT molecular complexity index is 562. The second-order valence-electron chi connectivity index (χ2n) is 5.34. The lowest BCUT2D eigenvalue weighted by Gasteiger charge is -2.17. The molecule has 0 bridgehead atoms. The van der Waals surface area contributed by atoms with Crippen molar-refractivity contribution in [1.82, 2.24) is 10.6 Å². The van der Waals surface area contributed by atoms with E-state index in [1.165, 1.54) is 12.1 Å². The molecule has 1 aliphatic rings. The number of benzene rings is 1. The smallest absolute Gasteiger partial charge is 0.251 e. The van der Waals surface area contributed by atoms with E-state index in [1.807, 2.05) is 0 Å². The molecule has 2 rings (SSSR count). The molecule has 0 spiro atoms. The van der Waals surface area contributed by atoms with E-state index >= 15 is 0 Å². The molecule has 120 valence electrons. The van der Waals surface area contributed by atoms with Crippen LogP contribution in [0.1, 0.15) is 29.6 Å². The molecule has 0 radical (unpaired) electrons. The van der Waals surface area contributed by atoms with Crippen LogP contribution in [0.2, 0.25) is 10.0 Å². The van der Waals surface area contributed by atoms with Gasteiger partial charge in [0, 0.05) is 18.2 Å². The lowest BCUT2D eigenvalue weighted by molar-refractivity contribution is -0.121. The number of halogens is 2. The van der Waals surface area contributed by atoms with E-state index in [1.54, 1.807) is 6.07 Å². The SMILES string of the molecule is O=C(CNC(=O)c1ccc(Cl)c(Cl)c1)NC(CCO)C1CC1. The second-order valence-corrected chi connectivity index (χ2v) is 6.15. The van der Waals surface area contributed by atoms with Gasteiger partial charge in [-0.2, -0.15) is 0 Å². The Morgan fingerprint density at radius 3 is 2.59 bits per heavy atom. The first-order chi connectivity index (χ1) is 10.5. The molecule has 1 saturated carbocycles. The van der Waals surface area contributed by atoms with Crippen LogP contribution in [-0.4, -0.2) is 36.1 Å². The van der Waals surface area contributed by atoms with Crippen LogP contribution in [0.15, 0.2) is 18.2 Å². The first-order valence-electron chi connectivity index (χ1n) is 7.14. The van der Waals surface area contributed by atoms with Gasteiger partial charge in [-0.3, -0.25) is 9.59 Å².